The Hall–Kier alpha value is -2.79. The van der Waals surface area contributed by atoms with E-state index in [-0.39, 0.29) is 12.3 Å². The Morgan fingerprint density at radius 1 is 1.19 bits per heavy atom. The number of aryl methyl sites for hydroxylation is 1. The van der Waals surface area contributed by atoms with Crippen molar-refractivity contribution >= 4 is 34.2 Å². The van der Waals surface area contributed by atoms with Crippen molar-refractivity contribution in [1.82, 2.24) is 0 Å². The van der Waals surface area contributed by atoms with Crippen LogP contribution in [-0.4, -0.2) is 13.0 Å². The van der Waals surface area contributed by atoms with Crippen LogP contribution in [0.1, 0.15) is 23.1 Å². The number of nitrogens with one attached hydrogen (secondary N) is 1. The molecule has 2 aromatic carbocycles. The molecule has 0 saturated carbocycles. The summed E-state index contributed by atoms with van der Waals surface area (Å²) in [6.07, 6.45) is 0.459. The quantitative estimate of drug-likeness (QED) is 0.649. The second-order valence-corrected chi connectivity index (χ2v) is 6.72. The predicted molar refractivity (Wildman–Crippen MR) is 107 cm³/mol. The zero-order valence-corrected chi connectivity index (χ0v) is 16.1. The summed E-state index contributed by atoms with van der Waals surface area (Å²) in [7, 11) is 1.56. The number of anilines is 1. The molecule has 0 bridgehead atoms. The number of hydrogen-bond donors (Lipinski definition) is 1. The lowest BCUT2D eigenvalue weighted by Crippen LogP contribution is -2.17. The SMILES string of the molecule is COc1ccc2c(C)c(CCC(=O)Nc3cccc(Cl)c3C)c(=O)oc2c1. The molecule has 1 amide bonds. The molecule has 0 fully saturated rings. The van der Waals surface area contributed by atoms with Gasteiger partial charge in [-0.2, -0.15) is 0 Å². The molecule has 0 aliphatic rings. The van der Waals surface area contributed by atoms with Crippen LogP contribution in [0, 0.1) is 13.8 Å². The molecule has 3 aromatic rings. The smallest absolute Gasteiger partial charge is 0.339 e. The number of hydrogen-bond acceptors (Lipinski definition) is 4. The van der Waals surface area contributed by atoms with E-state index in [2.05, 4.69) is 5.32 Å². The summed E-state index contributed by atoms with van der Waals surface area (Å²) in [5, 5.41) is 4.26. The summed E-state index contributed by atoms with van der Waals surface area (Å²) in [5.74, 6) is 0.433. The number of methoxy groups -OCH3 is 1. The number of ether oxygens (including phenoxy) is 1. The van der Waals surface area contributed by atoms with Gasteiger partial charge < -0.3 is 14.5 Å². The van der Waals surface area contributed by atoms with Crippen LogP contribution in [0.2, 0.25) is 5.02 Å². The third-order valence-electron chi connectivity index (χ3n) is 4.64. The van der Waals surface area contributed by atoms with Gasteiger partial charge in [0.25, 0.3) is 0 Å². The number of carbonyl (C=O) groups excluding carboxylic acids is 1. The molecule has 0 aliphatic carbocycles. The number of fused-ring (bicyclic) bond motifs is 1. The van der Waals surface area contributed by atoms with E-state index < -0.39 is 5.63 Å². The van der Waals surface area contributed by atoms with E-state index in [0.29, 0.717) is 34.0 Å². The average molecular weight is 386 g/mol. The van der Waals surface area contributed by atoms with Crippen LogP contribution in [0.4, 0.5) is 5.69 Å². The number of halogens is 1. The lowest BCUT2D eigenvalue weighted by Gasteiger charge is -2.11. The minimum atomic E-state index is -0.431. The van der Waals surface area contributed by atoms with Crippen LogP contribution in [0.25, 0.3) is 11.0 Å². The summed E-state index contributed by atoms with van der Waals surface area (Å²) >= 11 is 6.07. The third kappa shape index (κ3) is 3.98. The Labute approximate surface area is 161 Å². The van der Waals surface area contributed by atoms with Crippen molar-refractivity contribution in [3.8, 4) is 5.75 Å². The molecule has 5 nitrogen and oxygen atoms in total. The Bertz CT molecular complexity index is 1070. The molecule has 0 unspecified atom stereocenters. The van der Waals surface area contributed by atoms with Crippen LogP contribution in [0.15, 0.2) is 45.6 Å². The molecule has 1 heterocycles. The minimum Gasteiger partial charge on any atom is -0.497 e. The van der Waals surface area contributed by atoms with Crippen LogP contribution in [0.5, 0.6) is 5.75 Å². The van der Waals surface area contributed by atoms with Crippen molar-refractivity contribution in [2.24, 2.45) is 0 Å². The molecular weight excluding hydrogens is 366 g/mol. The Morgan fingerprint density at radius 2 is 1.96 bits per heavy atom. The van der Waals surface area contributed by atoms with Gasteiger partial charge in [0.2, 0.25) is 5.91 Å². The molecule has 3 rings (SSSR count). The fourth-order valence-corrected chi connectivity index (χ4v) is 3.16. The molecule has 0 radical (unpaired) electrons. The first kappa shape index (κ1) is 19.0. The van der Waals surface area contributed by atoms with Crippen LogP contribution >= 0.6 is 11.6 Å². The minimum absolute atomic E-state index is 0.166. The molecule has 140 valence electrons. The summed E-state index contributed by atoms with van der Waals surface area (Å²) < 4.78 is 10.6. The number of carbonyl (C=O) groups is 1. The van der Waals surface area contributed by atoms with Gasteiger partial charge in [0.1, 0.15) is 11.3 Å². The van der Waals surface area contributed by atoms with Crippen molar-refractivity contribution < 1.29 is 13.9 Å². The van der Waals surface area contributed by atoms with Gasteiger partial charge in [-0.05, 0) is 55.7 Å². The van der Waals surface area contributed by atoms with Gasteiger partial charge >= 0.3 is 5.63 Å². The van der Waals surface area contributed by atoms with E-state index in [4.69, 9.17) is 20.8 Å². The molecular formula is C21H20ClNO4. The maximum atomic E-state index is 12.4. The molecule has 1 N–H and O–H groups in total. The first-order valence-corrected chi connectivity index (χ1v) is 8.93. The molecule has 1 aromatic heterocycles. The van der Waals surface area contributed by atoms with E-state index in [1.807, 2.05) is 26.0 Å². The van der Waals surface area contributed by atoms with E-state index >= 15 is 0 Å². The van der Waals surface area contributed by atoms with Gasteiger partial charge in [-0.25, -0.2) is 4.79 Å². The lowest BCUT2D eigenvalue weighted by atomic mass is 10.0. The second-order valence-electron chi connectivity index (χ2n) is 6.32. The molecule has 27 heavy (non-hydrogen) atoms. The Morgan fingerprint density at radius 3 is 2.70 bits per heavy atom. The van der Waals surface area contributed by atoms with Crippen molar-refractivity contribution in [3.63, 3.8) is 0 Å². The molecule has 0 aliphatic heterocycles. The van der Waals surface area contributed by atoms with Crippen molar-refractivity contribution in [1.29, 1.82) is 0 Å². The number of amides is 1. The van der Waals surface area contributed by atoms with Gasteiger partial charge in [-0.3, -0.25) is 4.79 Å². The molecule has 0 spiro atoms. The van der Waals surface area contributed by atoms with Gasteiger partial charge in [0.15, 0.2) is 0 Å². The summed E-state index contributed by atoms with van der Waals surface area (Å²) in [6.45, 7) is 3.70. The van der Waals surface area contributed by atoms with E-state index in [1.54, 1.807) is 31.4 Å². The largest absolute Gasteiger partial charge is 0.497 e. The van der Waals surface area contributed by atoms with Gasteiger partial charge in [-0.1, -0.05) is 17.7 Å². The van der Waals surface area contributed by atoms with E-state index in [1.165, 1.54) is 0 Å². The topological polar surface area (TPSA) is 68.5 Å². The Kier molecular flexibility index (Phi) is 5.51. The van der Waals surface area contributed by atoms with Gasteiger partial charge in [0.05, 0.1) is 7.11 Å². The van der Waals surface area contributed by atoms with Crippen LogP contribution in [0.3, 0.4) is 0 Å². The van der Waals surface area contributed by atoms with Crippen molar-refractivity contribution in [3.05, 3.63) is 68.5 Å². The van der Waals surface area contributed by atoms with E-state index in [0.717, 1.165) is 16.5 Å². The molecule has 0 saturated heterocycles. The molecule has 6 heteroatoms. The highest BCUT2D eigenvalue weighted by molar-refractivity contribution is 6.31. The Balaban J connectivity index is 1.79. The van der Waals surface area contributed by atoms with Gasteiger partial charge in [-0.15, -0.1) is 0 Å². The first-order chi connectivity index (χ1) is 12.9. The van der Waals surface area contributed by atoms with Gasteiger partial charge in [0, 0.05) is 34.1 Å². The van der Waals surface area contributed by atoms with E-state index in [9.17, 15) is 9.59 Å². The standard InChI is InChI=1S/C21H20ClNO4/c1-12-15-8-7-14(26-3)11-19(15)27-21(25)16(12)9-10-20(24)23-18-6-4-5-17(22)13(18)2/h4-8,11H,9-10H2,1-3H3,(H,23,24). The van der Waals surface area contributed by atoms with Crippen molar-refractivity contribution in [2.75, 3.05) is 12.4 Å². The number of rotatable bonds is 5. The highest BCUT2D eigenvalue weighted by Crippen LogP contribution is 2.25. The fraction of sp³-hybridized carbons (Fsp3) is 0.238. The highest BCUT2D eigenvalue weighted by Gasteiger charge is 2.14. The fourth-order valence-electron chi connectivity index (χ4n) is 2.98. The number of benzene rings is 2. The summed E-state index contributed by atoms with van der Waals surface area (Å²) in [5.41, 5.74) is 2.84. The third-order valence-corrected chi connectivity index (χ3v) is 5.05. The summed E-state index contributed by atoms with van der Waals surface area (Å²) in [6, 6.07) is 10.7. The normalized spacial score (nSPS) is 10.8. The average Bonchev–Trinajstić information content (AvgIpc) is 2.64. The lowest BCUT2D eigenvalue weighted by molar-refractivity contribution is -0.116. The zero-order chi connectivity index (χ0) is 19.6. The maximum Gasteiger partial charge on any atom is 0.339 e. The highest BCUT2D eigenvalue weighted by atomic mass is 35.5. The summed E-state index contributed by atoms with van der Waals surface area (Å²) in [4.78, 5) is 24.7. The van der Waals surface area contributed by atoms with Crippen molar-refractivity contribution in [2.45, 2.75) is 26.7 Å². The van der Waals surface area contributed by atoms with Crippen LogP contribution < -0.4 is 15.7 Å². The second kappa shape index (κ2) is 7.84. The molecule has 0 atom stereocenters. The zero-order valence-electron chi connectivity index (χ0n) is 15.4. The van der Waals surface area contributed by atoms with Crippen LogP contribution in [-0.2, 0) is 11.2 Å². The monoisotopic (exact) mass is 385 g/mol. The first-order valence-electron chi connectivity index (χ1n) is 8.56. The predicted octanol–water partition coefficient (Wildman–Crippen LogP) is 4.64. The maximum absolute atomic E-state index is 12.4.